The Morgan fingerprint density at radius 1 is 0.722 bits per heavy atom. The summed E-state index contributed by atoms with van der Waals surface area (Å²) in [6, 6.07) is 0. The van der Waals surface area contributed by atoms with Gasteiger partial charge in [-0.05, 0) is 32.2 Å². The Kier molecular flexibility index (Phi) is 12.1. The van der Waals surface area contributed by atoms with Crippen LogP contribution in [0.25, 0.3) is 0 Å². The molecule has 0 atom stereocenters. The van der Waals surface area contributed by atoms with E-state index in [1.807, 2.05) is 0 Å². The quantitative estimate of drug-likeness (QED) is 0.415. The van der Waals surface area contributed by atoms with Crippen molar-refractivity contribution in [3.8, 4) is 0 Å². The highest BCUT2D eigenvalue weighted by molar-refractivity contribution is 6.57. The smallest absolute Gasteiger partial charge is 0.361 e. The van der Waals surface area contributed by atoms with Gasteiger partial charge in [-0.1, -0.05) is 34.1 Å². The van der Waals surface area contributed by atoms with Gasteiger partial charge in [-0.15, -0.1) is 0 Å². The fraction of sp³-hybridized carbons (Fsp3) is 1.00. The molecule has 4 nitrogen and oxygen atoms in total. The van der Waals surface area contributed by atoms with Crippen LogP contribution in [0.3, 0.4) is 0 Å². The molecule has 110 valence electrons. The Bertz CT molecular complexity index is 160. The van der Waals surface area contributed by atoms with Crippen molar-refractivity contribution in [2.75, 3.05) is 26.4 Å². The first-order chi connectivity index (χ1) is 8.74. The maximum atomic E-state index is 5.91. The van der Waals surface area contributed by atoms with Crippen molar-refractivity contribution in [1.29, 1.82) is 0 Å². The second-order valence-electron chi connectivity index (χ2n) is 4.38. The van der Waals surface area contributed by atoms with E-state index in [0.717, 1.165) is 38.6 Å². The molecule has 0 bridgehead atoms. The summed E-state index contributed by atoms with van der Waals surface area (Å²) < 4.78 is 17.7. The standard InChI is InChI=1S/C13H31NO3Si/c1-5-9-10-14-18(15-11-6-2,16-12-7-3)17-13-8-4/h14H,5-13H2,1-4H3. The van der Waals surface area contributed by atoms with E-state index in [1.165, 1.54) is 0 Å². The lowest BCUT2D eigenvalue weighted by atomic mass is 10.3. The second-order valence-corrected chi connectivity index (χ2v) is 6.71. The Labute approximate surface area is 114 Å². The van der Waals surface area contributed by atoms with Crippen LogP contribution >= 0.6 is 0 Å². The Morgan fingerprint density at radius 3 is 1.50 bits per heavy atom. The summed E-state index contributed by atoms with van der Waals surface area (Å²) in [6.07, 6.45) is 5.22. The predicted molar refractivity (Wildman–Crippen MR) is 77.4 cm³/mol. The third kappa shape index (κ3) is 8.21. The van der Waals surface area contributed by atoms with Gasteiger partial charge in [0.1, 0.15) is 0 Å². The molecule has 0 aromatic heterocycles. The Morgan fingerprint density at radius 2 is 1.17 bits per heavy atom. The van der Waals surface area contributed by atoms with Gasteiger partial charge in [0, 0.05) is 19.8 Å². The zero-order valence-electron chi connectivity index (χ0n) is 12.6. The van der Waals surface area contributed by atoms with Crippen molar-refractivity contribution in [2.24, 2.45) is 0 Å². The van der Waals surface area contributed by atoms with Crippen molar-refractivity contribution in [3.63, 3.8) is 0 Å². The van der Waals surface area contributed by atoms with Gasteiger partial charge in [-0.2, -0.15) is 0 Å². The van der Waals surface area contributed by atoms with Crippen LogP contribution in [0.15, 0.2) is 0 Å². The van der Waals surface area contributed by atoms with Gasteiger partial charge >= 0.3 is 8.97 Å². The summed E-state index contributed by atoms with van der Waals surface area (Å²) in [6.45, 7) is 11.5. The normalized spacial score (nSPS) is 12.0. The van der Waals surface area contributed by atoms with Crippen LogP contribution in [0, 0.1) is 0 Å². The zero-order valence-corrected chi connectivity index (χ0v) is 13.6. The molecule has 0 rings (SSSR count). The largest absolute Gasteiger partial charge is 0.596 e. The van der Waals surface area contributed by atoms with Crippen LogP contribution < -0.4 is 4.98 Å². The maximum Gasteiger partial charge on any atom is 0.596 e. The topological polar surface area (TPSA) is 39.7 Å². The van der Waals surface area contributed by atoms with E-state index in [-0.39, 0.29) is 0 Å². The first kappa shape index (κ1) is 18.1. The van der Waals surface area contributed by atoms with Crippen LogP contribution in [0.4, 0.5) is 0 Å². The van der Waals surface area contributed by atoms with E-state index < -0.39 is 8.97 Å². The third-order valence-electron chi connectivity index (χ3n) is 2.36. The van der Waals surface area contributed by atoms with Gasteiger partial charge in [0.2, 0.25) is 0 Å². The summed E-state index contributed by atoms with van der Waals surface area (Å²) in [4.78, 5) is 3.41. The van der Waals surface area contributed by atoms with Crippen molar-refractivity contribution in [3.05, 3.63) is 0 Å². The molecule has 0 aromatic rings. The molecule has 0 saturated carbocycles. The van der Waals surface area contributed by atoms with Crippen LogP contribution in [-0.4, -0.2) is 35.3 Å². The second kappa shape index (κ2) is 12.1. The summed E-state index contributed by atoms with van der Waals surface area (Å²) in [5, 5.41) is 0. The molecule has 0 unspecified atom stereocenters. The van der Waals surface area contributed by atoms with Crippen LogP contribution in [-0.2, 0) is 13.3 Å². The van der Waals surface area contributed by atoms with E-state index in [4.69, 9.17) is 13.3 Å². The summed E-state index contributed by atoms with van der Waals surface area (Å²) >= 11 is 0. The molecule has 0 fully saturated rings. The highest BCUT2D eigenvalue weighted by Gasteiger charge is 2.41. The minimum Gasteiger partial charge on any atom is -0.361 e. The lowest BCUT2D eigenvalue weighted by molar-refractivity contribution is 0.0483. The minimum absolute atomic E-state index is 0.693. The SMILES string of the molecule is CCCCN[Si](OCCC)(OCCC)OCCC. The average Bonchev–Trinajstić information content (AvgIpc) is 2.40. The number of unbranched alkanes of at least 4 members (excludes halogenated alkanes) is 1. The summed E-state index contributed by atoms with van der Waals surface area (Å²) in [7, 11) is -2.65. The molecule has 18 heavy (non-hydrogen) atoms. The number of hydrogen-bond donors (Lipinski definition) is 1. The molecule has 5 heteroatoms. The van der Waals surface area contributed by atoms with E-state index in [2.05, 4.69) is 32.7 Å². The van der Waals surface area contributed by atoms with E-state index in [9.17, 15) is 0 Å². The fourth-order valence-electron chi connectivity index (χ4n) is 1.41. The lowest BCUT2D eigenvalue weighted by Crippen LogP contribution is -2.59. The van der Waals surface area contributed by atoms with Gasteiger partial charge < -0.3 is 13.3 Å². The van der Waals surface area contributed by atoms with Crippen LogP contribution in [0.5, 0.6) is 0 Å². The molecular weight excluding hydrogens is 246 g/mol. The number of nitrogens with one attached hydrogen (secondary N) is 1. The van der Waals surface area contributed by atoms with E-state index in [1.54, 1.807) is 0 Å². The monoisotopic (exact) mass is 277 g/mol. The van der Waals surface area contributed by atoms with Gasteiger partial charge in [-0.3, -0.25) is 4.98 Å². The Balaban J connectivity index is 4.41. The van der Waals surface area contributed by atoms with Crippen molar-refractivity contribution < 1.29 is 13.3 Å². The molecule has 0 amide bonds. The van der Waals surface area contributed by atoms with E-state index >= 15 is 0 Å². The molecule has 0 spiro atoms. The number of rotatable bonds is 13. The minimum atomic E-state index is -2.65. The Hall–Kier alpha value is 0.0569. The third-order valence-corrected chi connectivity index (χ3v) is 4.80. The number of hydrogen-bond acceptors (Lipinski definition) is 4. The first-order valence-electron chi connectivity index (χ1n) is 7.41. The molecule has 0 aromatic carbocycles. The maximum absolute atomic E-state index is 5.91. The molecule has 0 aliphatic heterocycles. The molecule has 0 aliphatic carbocycles. The van der Waals surface area contributed by atoms with Crippen molar-refractivity contribution in [2.45, 2.75) is 59.8 Å². The molecule has 0 heterocycles. The average molecular weight is 277 g/mol. The van der Waals surface area contributed by atoms with Crippen LogP contribution in [0.2, 0.25) is 0 Å². The lowest BCUT2D eigenvalue weighted by Gasteiger charge is -2.29. The van der Waals surface area contributed by atoms with Crippen molar-refractivity contribution in [1.82, 2.24) is 4.98 Å². The zero-order chi connectivity index (χ0) is 13.7. The predicted octanol–water partition coefficient (Wildman–Crippen LogP) is 3.09. The molecule has 0 aliphatic rings. The van der Waals surface area contributed by atoms with Gasteiger partial charge in [0.05, 0.1) is 0 Å². The summed E-state index contributed by atoms with van der Waals surface area (Å²) in [5.74, 6) is 0. The van der Waals surface area contributed by atoms with Gasteiger partial charge in [0.25, 0.3) is 0 Å². The highest BCUT2D eigenvalue weighted by Crippen LogP contribution is 2.09. The highest BCUT2D eigenvalue weighted by atomic mass is 28.4. The van der Waals surface area contributed by atoms with E-state index in [0.29, 0.717) is 19.8 Å². The molecular formula is C13H31NO3Si. The molecule has 0 saturated heterocycles. The van der Waals surface area contributed by atoms with Gasteiger partial charge in [0.15, 0.2) is 0 Å². The molecule has 0 radical (unpaired) electrons. The fourth-order valence-corrected chi connectivity index (χ4v) is 3.86. The van der Waals surface area contributed by atoms with Crippen molar-refractivity contribution >= 4 is 8.97 Å². The van der Waals surface area contributed by atoms with Gasteiger partial charge in [-0.25, -0.2) is 0 Å². The first-order valence-corrected chi connectivity index (χ1v) is 9.14. The van der Waals surface area contributed by atoms with Crippen LogP contribution in [0.1, 0.15) is 59.8 Å². The molecule has 1 N–H and O–H groups in total. The summed E-state index contributed by atoms with van der Waals surface area (Å²) in [5.41, 5.74) is 0.